The van der Waals surface area contributed by atoms with Gasteiger partial charge >= 0.3 is 6.03 Å². The molecule has 2 aromatic carbocycles. The van der Waals surface area contributed by atoms with Crippen molar-refractivity contribution in [2.45, 2.75) is 18.0 Å². The first-order chi connectivity index (χ1) is 12.2. The van der Waals surface area contributed by atoms with E-state index in [0.717, 1.165) is 12.1 Å². The van der Waals surface area contributed by atoms with Gasteiger partial charge in [0, 0.05) is 31.8 Å². The van der Waals surface area contributed by atoms with Gasteiger partial charge in [0.25, 0.3) is 0 Å². The highest BCUT2D eigenvalue weighted by atomic mass is 32.2. The van der Waals surface area contributed by atoms with Crippen molar-refractivity contribution in [1.82, 2.24) is 14.9 Å². The number of hydrogen-bond donors (Lipinski definition) is 2. The van der Waals surface area contributed by atoms with Crippen molar-refractivity contribution in [2.75, 3.05) is 14.1 Å². The van der Waals surface area contributed by atoms with E-state index in [4.69, 9.17) is 0 Å². The monoisotopic (exact) mass is 383 g/mol. The standard InChI is InChI=1S/C17H19F2N3O3S/c1-20-26(24,25)15-5-3-4-12(8-15)10-21-17(23)22(2)11-13-6-7-14(18)9-16(13)19/h3-9,20H,10-11H2,1-2H3,(H,21,23). The molecule has 140 valence electrons. The molecule has 2 N–H and O–H groups in total. The van der Waals surface area contributed by atoms with Crippen LogP contribution in [-0.2, 0) is 23.1 Å². The fourth-order valence-electron chi connectivity index (χ4n) is 2.23. The van der Waals surface area contributed by atoms with Crippen molar-refractivity contribution in [2.24, 2.45) is 0 Å². The van der Waals surface area contributed by atoms with Gasteiger partial charge in [0.1, 0.15) is 11.6 Å². The summed E-state index contributed by atoms with van der Waals surface area (Å²) in [4.78, 5) is 13.5. The van der Waals surface area contributed by atoms with Gasteiger partial charge in [0.15, 0.2) is 0 Å². The number of urea groups is 1. The molecule has 9 heteroatoms. The van der Waals surface area contributed by atoms with Crippen LogP contribution < -0.4 is 10.0 Å². The van der Waals surface area contributed by atoms with Crippen molar-refractivity contribution in [3.05, 3.63) is 65.2 Å². The highest BCUT2D eigenvalue weighted by molar-refractivity contribution is 7.89. The number of nitrogens with one attached hydrogen (secondary N) is 2. The molecule has 26 heavy (non-hydrogen) atoms. The van der Waals surface area contributed by atoms with Crippen LogP contribution in [0, 0.1) is 11.6 Å². The molecule has 0 aliphatic carbocycles. The number of rotatable bonds is 6. The molecule has 0 spiro atoms. The fraction of sp³-hybridized carbons (Fsp3) is 0.235. The first-order valence-electron chi connectivity index (χ1n) is 7.68. The van der Waals surface area contributed by atoms with Gasteiger partial charge in [-0.05, 0) is 30.8 Å². The molecule has 0 aliphatic heterocycles. The van der Waals surface area contributed by atoms with E-state index in [2.05, 4.69) is 10.0 Å². The maximum absolute atomic E-state index is 13.7. The number of halogens is 2. The third kappa shape index (κ3) is 4.99. The third-order valence-corrected chi connectivity index (χ3v) is 5.10. The number of hydrogen-bond acceptors (Lipinski definition) is 3. The molecule has 2 rings (SSSR count). The van der Waals surface area contributed by atoms with Crippen molar-refractivity contribution < 1.29 is 22.0 Å². The summed E-state index contributed by atoms with van der Waals surface area (Å²) < 4.78 is 52.4. The zero-order chi connectivity index (χ0) is 19.3. The van der Waals surface area contributed by atoms with Crippen LogP contribution in [0.3, 0.4) is 0 Å². The lowest BCUT2D eigenvalue weighted by Gasteiger charge is -2.18. The maximum Gasteiger partial charge on any atom is 0.317 e. The zero-order valence-electron chi connectivity index (χ0n) is 14.3. The Morgan fingerprint density at radius 1 is 1.15 bits per heavy atom. The van der Waals surface area contributed by atoms with Crippen LogP contribution >= 0.6 is 0 Å². The highest BCUT2D eigenvalue weighted by Crippen LogP contribution is 2.13. The van der Waals surface area contributed by atoms with Crippen LogP contribution in [0.2, 0.25) is 0 Å². The summed E-state index contributed by atoms with van der Waals surface area (Å²) in [6.45, 7) is 0.0638. The second-order valence-corrected chi connectivity index (χ2v) is 7.49. The summed E-state index contributed by atoms with van der Waals surface area (Å²) in [7, 11) is -0.785. The average molecular weight is 383 g/mol. The van der Waals surface area contributed by atoms with E-state index in [1.54, 1.807) is 12.1 Å². The van der Waals surface area contributed by atoms with Gasteiger partial charge in [-0.15, -0.1) is 0 Å². The van der Waals surface area contributed by atoms with E-state index < -0.39 is 27.7 Å². The van der Waals surface area contributed by atoms with Gasteiger partial charge in [0.05, 0.1) is 4.90 Å². The summed E-state index contributed by atoms with van der Waals surface area (Å²) in [6, 6.07) is 8.83. The van der Waals surface area contributed by atoms with E-state index in [0.29, 0.717) is 5.56 Å². The Morgan fingerprint density at radius 2 is 1.88 bits per heavy atom. The molecule has 0 bridgehead atoms. The average Bonchev–Trinajstić information content (AvgIpc) is 2.62. The van der Waals surface area contributed by atoms with Crippen molar-refractivity contribution >= 4 is 16.1 Å². The first-order valence-corrected chi connectivity index (χ1v) is 9.16. The van der Waals surface area contributed by atoms with Gasteiger partial charge in [0.2, 0.25) is 10.0 Å². The Bertz CT molecular complexity index is 904. The predicted octanol–water partition coefficient (Wildman–Crippen LogP) is 2.21. The highest BCUT2D eigenvalue weighted by Gasteiger charge is 2.14. The summed E-state index contributed by atoms with van der Waals surface area (Å²) >= 11 is 0. The lowest BCUT2D eigenvalue weighted by Crippen LogP contribution is -2.36. The fourth-order valence-corrected chi connectivity index (χ4v) is 3.03. The van der Waals surface area contributed by atoms with E-state index in [9.17, 15) is 22.0 Å². The minimum atomic E-state index is -3.57. The van der Waals surface area contributed by atoms with Crippen LogP contribution in [-0.4, -0.2) is 33.4 Å². The molecule has 0 aromatic heterocycles. The van der Waals surface area contributed by atoms with Crippen LogP contribution in [0.4, 0.5) is 13.6 Å². The molecule has 0 atom stereocenters. The van der Waals surface area contributed by atoms with E-state index in [1.165, 1.54) is 37.2 Å². The lowest BCUT2D eigenvalue weighted by atomic mass is 10.2. The van der Waals surface area contributed by atoms with Crippen LogP contribution in [0.1, 0.15) is 11.1 Å². The number of carbonyl (C=O) groups is 1. The van der Waals surface area contributed by atoms with E-state index >= 15 is 0 Å². The molecule has 2 amide bonds. The second kappa shape index (κ2) is 8.24. The molecule has 0 saturated carbocycles. The van der Waals surface area contributed by atoms with Crippen molar-refractivity contribution in [3.8, 4) is 0 Å². The first kappa shape index (κ1) is 19.8. The van der Waals surface area contributed by atoms with Crippen LogP contribution in [0.15, 0.2) is 47.4 Å². The Hall–Kier alpha value is -2.52. The minimum Gasteiger partial charge on any atom is -0.334 e. The summed E-state index contributed by atoms with van der Waals surface area (Å²) in [5.41, 5.74) is 0.780. The molecule has 6 nitrogen and oxygen atoms in total. The zero-order valence-corrected chi connectivity index (χ0v) is 15.1. The Labute approximate surface area is 150 Å². The summed E-state index contributed by atoms with van der Waals surface area (Å²) in [6.07, 6.45) is 0. The molecule has 0 heterocycles. The molecule has 2 aromatic rings. The van der Waals surface area contributed by atoms with Gasteiger partial charge in [-0.2, -0.15) is 0 Å². The van der Waals surface area contributed by atoms with E-state index in [1.807, 2.05) is 0 Å². The third-order valence-electron chi connectivity index (χ3n) is 3.69. The number of sulfonamides is 1. The molecule has 0 aliphatic rings. The summed E-state index contributed by atoms with van der Waals surface area (Å²) in [5, 5.41) is 2.62. The lowest BCUT2D eigenvalue weighted by molar-refractivity contribution is 0.206. The Kier molecular flexibility index (Phi) is 6.27. The largest absolute Gasteiger partial charge is 0.334 e. The van der Waals surface area contributed by atoms with Gasteiger partial charge in [-0.1, -0.05) is 18.2 Å². The molecule has 0 fully saturated rings. The molecular weight excluding hydrogens is 364 g/mol. The van der Waals surface area contributed by atoms with Crippen molar-refractivity contribution in [1.29, 1.82) is 0 Å². The van der Waals surface area contributed by atoms with Gasteiger partial charge in [-0.25, -0.2) is 26.7 Å². The number of benzene rings is 2. The van der Waals surface area contributed by atoms with Gasteiger partial charge in [-0.3, -0.25) is 0 Å². The van der Waals surface area contributed by atoms with E-state index in [-0.39, 0.29) is 23.5 Å². The van der Waals surface area contributed by atoms with Gasteiger partial charge < -0.3 is 10.2 Å². The Balaban J connectivity index is 1.99. The second-order valence-electron chi connectivity index (χ2n) is 5.61. The normalized spacial score (nSPS) is 11.2. The quantitative estimate of drug-likeness (QED) is 0.803. The Morgan fingerprint density at radius 3 is 2.54 bits per heavy atom. The van der Waals surface area contributed by atoms with Crippen molar-refractivity contribution in [3.63, 3.8) is 0 Å². The number of amides is 2. The number of nitrogens with zero attached hydrogens (tertiary/aromatic N) is 1. The molecule has 0 saturated heterocycles. The van der Waals surface area contributed by atoms with Crippen LogP contribution in [0.25, 0.3) is 0 Å². The molecule has 0 radical (unpaired) electrons. The number of carbonyl (C=O) groups excluding carboxylic acids is 1. The summed E-state index contributed by atoms with van der Waals surface area (Å²) in [5.74, 6) is -1.41. The van der Waals surface area contributed by atoms with Crippen LogP contribution in [0.5, 0.6) is 0 Å². The smallest absolute Gasteiger partial charge is 0.317 e. The maximum atomic E-state index is 13.7. The minimum absolute atomic E-state index is 0.0356. The molecule has 0 unspecified atom stereocenters. The SMILES string of the molecule is CNS(=O)(=O)c1cccc(CNC(=O)N(C)Cc2ccc(F)cc2F)c1. The molecular formula is C17H19F2N3O3S. The topological polar surface area (TPSA) is 78.5 Å². The predicted molar refractivity (Wildman–Crippen MR) is 92.7 cm³/mol.